The summed E-state index contributed by atoms with van der Waals surface area (Å²) >= 11 is 4.98. The lowest BCUT2D eigenvalue weighted by atomic mass is 10.1. The number of nitriles is 1. The van der Waals surface area contributed by atoms with Crippen LogP contribution in [0.4, 0.5) is 11.4 Å². The van der Waals surface area contributed by atoms with E-state index in [1.807, 2.05) is 30.3 Å². The number of thiocarbonyl (C=S) groups is 1. The monoisotopic (exact) mass is 349 g/mol. The molecule has 3 aromatic rings. The van der Waals surface area contributed by atoms with Gasteiger partial charge in [-0.3, -0.25) is 4.98 Å². The van der Waals surface area contributed by atoms with E-state index in [2.05, 4.69) is 16.4 Å². The fourth-order valence-electron chi connectivity index (χ4n) is 2.57. The number of anilines is 2. The SMILES string of the molecule is COc1cc2ncc(C#N)c(Nc3cccc(C=S)c3)c2cc1OC. The van der Waals surface area contributed by atoms with E-state index in [1.165, 1.54) is 0 Å². The number of nitrogens with zero attached hydrogens (tertiary/aromatic N) is 2. The average molecular weight is 349 g/mol. The van der Waals surface area contributed by atoms with Gasteiger partial charge >= 0.3 is 0 Å². The maximum Gasteiger partial charge on any atom is 0.162 e. The highest BCUT2D eigenvalue weighted by Crippen LogP contribution is 2.36. The van der Waals surface area contributed by atoms with E-state index in [9.17, 15) is 5.26 Å². The standard InChI is InChI=1S/C19H15N3O2S/c1-23-17-7-15-16(8-18(17)24-2)21-10-13(9-20)19(15)22-14-5-3-4-12(6-14)11-25/h3-8,10-11H,1-2H3,(H,21,22). The molecule has 0 aliphatic carbocycles. The van der Waals surface area contributed by atoms with Crippen LogP contribution in [0.5, 0.6) is 11.5 Å². The molecule has 1 aromatic heterocycles. The van der Waals surface area contributed by atoms with Gasteiger partial charge in [-0.2, -0.15) is 5.26 Å². The van der Waals surface area contributed by atoms with Crippen molar-refractivity contribution in [1.82, 2.24) is 4.98 Å². The second-order valence-corrected chi connectivity index (χ2v) is 5.49. The number of benzene rings is 2. The minimum atomic E-state index is 0.437. The third-order valence-electron chi connectivity index (χ3n) is 3.79. The van der Waals surface area contributed by atoms with Crippen LogP contribution in [-0.2, 0) is 0 Å². The first-order valence-electron chi connectivity index (χ1n) is 7.47. The van der Waals surface area contributed by atoms with Gasteiger partial charge in [0, 0.05) is 28.7 Å². The molecule has 0 aliphatic heterocycles. The second-order valence-electron chi connectivity index (χ2n) is 5.25. The van der Waals surface area contributed by atoms with Gasteiger partial charge in [0.25, 0.3) is 0 Å². The Balaban J connectivity index is 2.20. The van der Waals surface area contributed by atoms with Crippen molar-refractivity contribution < 1.29 is 9.47 Å². The summed E-state index contributed by atoms with van der Waals surface area (Å²) in [6, 6.07) is 13.4. The highest BCUT2D eigenvalue weighted by molar-refractivity contribution is 7.79. The van der Waals surface area contributed by atoms with Gasteiger partial charge in [-0.25, -0.2) is 0 Å². The summed E-state index contributed by atoms with van der Waals surface area (Å²) in [5, 5.41) is 15.2. The van der Waals surface area contributed by atoms with E-state index in [0.29, 0.717) is 28.3 Å². The molecular weight excluding hydrogens is 334 g/mol. The molecular formula is C19H15N3O2S. The topological polar surface area (TPSA) is 67.2 Å². The highest BCUT2D eigenvalue weighted by Gasteiger charge is 2.14. The minimum absolute atomic E-state index is 0.437. The number of aromatic nitrogens is 1. The summed E-state index contributed by atoms with van der Waals surface area (Å²) in [6.07, 6.45) is 1.54. The number of rotatable bonds is 5. The molecule has 5 nitrogen and oxygen atoms in total. The fourth-order valence-corrected chi connectivity index (χ4v) is 2.72. The van der Waals surface area contributed by atoms with Crippen molar-refractivity contribution in [3.8, 4) is 17.6 Å². The van der Waals surface area contributed by atoms with Gasteiger partial charge in [0.1, 0.15) is 6.07 Å². The number of hydrogen-bond donors (Lipinski definition) is 1. The van der Waals surface area contributed by atoms with E-state index in [0.717, 1.165) is 16.6 Å². The third-order valence-corrected chi connectivity index (χ3v) is 4.06. The van der Waals surface area contributed by atoms with Crippen LogP contribution in [0.1, 0.15) is 11.1 Å². The van der Waals surface area contributed by atoms with Gasteiger partial charge in [0.2, 0.25) is 0 Å². The fraction of sp³-hybridized carbons (Fsp3) is 0.105. The van der Waals surface area contributed by atoms with Gasteiger partial charge in [-0.1, -0.05) is 24.4 Å². The van der Waals surface area contributed by atoms with Crippen LogP contribution in [0.25, 0.3) is 10.9 Å². The maximum atomic E-state index is 9.48. The van der Waals surface area contributed by atoms with Crippen molar-refractivity contribution in [2.45, 2.75) is 0 Å². The van der Waals surface area contributed by atoms with Crippen molar-refractivity contribution >= 4 is 39.9 Å². The molecule has 1 N–H and O–H groups in total. The summed E-state index contributed by atoms with van der Waals surface area (Å²) in [4.78, 5) is 4.35. The van der Waals surface area contributed by atoms with Crippen LogP contribution in [0.15, 0.2) is 42.6 Å². The largest absolute Gasteiger partial charge is 0.493 e. The molecule has 0 unspecified atom stereocenters. The van der Waals surface area contributed by atoms with Crippen LogP contribution in [0.2, 0.25) is 0 Å². The van der Waals surface area contributed by atoms with Gasteiger partial charge in [0.05, 0.1) is 31.0 Å². The molecule has 6 heteroatoms. The second kappa shape index (κ2) is 7.16. The minimum Gasteiger partial charge on any atom is -0.493 e. The Bertz CT molecular complexity index is 996. The zero-order valence-corrected chi connectivity index (χ0v) is 14.6. The van der Waals surface area contributed by atoms with Crippen molar-refractivity contribution in [2.24, 2.45) is 0 Å². The smallest absolute Gasteiger partial charge is 0.162 e. The van der Waals surface area contributed by atoms with Gasteiger partial charge in [-0.05, 0) is 23.8 Å². The lowest BCUT2D eigenvalue weighted by Crippen LogP contribution is -1.99. The molecule has 0 saturated heterocycles. The Labute approximate surface area is 150 Å². The van der Waals surface area contributed by atoms with E-state index in [4.69, 9.17) is 21.7 Å². The first kappa shape index (κ1) is 16.7. The summed E-state index contributed by atoms with van der Waals surface area (Å²) < 4.78 is 10.7. The Morgan fingerprint density at radius 3 is 2.60 bits per heavy atom. The predicted octanol–water partition coefficient (Wildman–Crippen LogP) is 4.22. The Kier molecular flexibility index (Phi) is 4.78. The summed E-state index contributed by atoms with van der Waals surface area (Å²) in [5.74, 6) is 1.16. The van der Waals surface area contributed by atoms with E-state index >= 15 is 0 Å². The van der Waals surface area contributed by atoms with E-state index in [1.54, 1.807) is 31.9 Å². The zero-order chi connectivity index (χ0) is 17.8. The number of pyridine rings is 1. The van der Waals surface area contributed by atoms with Crippen molar-refractivity contribution in [3.63, 3.8) is 0 Å². The van der Waals surface area contributed by atoms with Crippen LogP contribution in [0.3, 0.4) is 0 Å². The quantitative estimate of drug-likeness (QED) is 0.696. The Hall–Kier alpha value is -3.17. The van der Waals surface area contributed by atoms with Crippen LogP contribution in [-0.4, -0.2) is 24.6 Å². The Morgan fingerprint density at radius 2 is 1.92 bits per heavy atom. The first-order chi connectivity index (χ1) is 12.2. The number of hydrogen-bond acceptors (Lipinski definition) is 6. The van der Waals surface area contributed by atoms with Crippen LogP contribution >= 0.6 is 12.2 Å². The normalized spacial score (nSPS) is 10.1. The van der Waals surface area contributed by atoms with Gasteiger partial charge in [-0.15, -0.1) is 0 Å². The molecule has 3 rings (SSSR count). The lowest BCUT2D eigenvalue weighted by Gasteiger charge is -2.14. The van der Waals surface area contributed by atoms with E-state index in [-0.39, 0.29) is 0 Å². The maximum absolute atomic E-state index is 9.48. The summed E-state index contributed by atoms with van der Waals surface area (Å²) in [7, 11) is 3.14. The zero-order valence-electron chi connectivity index (χ0n) is 13.7. The summed E-state index contributed by atoms with van der Waals surface area (Å²) in [6.45, 7) is 0. The molecule has 25 heavy (non-hydrogen) atoms. The van der Waals surface area contributed by atoms with Crippen LogP contribution in [0, 0.1) is 11.3 Å². The van der Waals surface area contributed by atoms with Crippen molar-refractivity contribution in [1.29, 1.82) is 5.26 Å². The van der Waals surface area contributed by atoms with Crippen LogP contribution < -0.4 is 14.8 Å². The first-order valence-corrected chi connectivity index (χ1v) is 7.94. The van der Waals surface area contributed by atoms with Crippen molar-refractivity contribution in [2.75, 3.05) is 19.5 Å². The average Bonchev–Trinajstić information content (AvgIpc) is 2.67. The highest BCUT2D eigenvalue weighted by atomic mass is 32.1. The van der Waals surface area contributed by atoms with Crippen molar-refractivity contribution in [3.05, 3.63) is 53.7 Å². The molecule has 1 heterocycles. The molecule has 0 spiro atoms. The molecule has 0 radical (unpaired) electrons. The predicted molar refractivity (Wildman–Crippen MR) is 102 cm³/mol. The molecule has 0 atom stereocenters. The summed E-state index contributed by atoms with van der Waals surface area (Å²) in [5.41, 5.74) is 3.54. The molecule has 0 fully saturated rings. The molecule has 0 bridgehead atoms. The molecule has 0 aliphatic rings. The van der Waals surface area contributed by atoms with E-state index < -0.39 is 0 Å². The Morgan fingerprint density at radius 1 is 1.16 bits per heavy atom. The third kappa shape index (κ3) is 3.23. The number of ether oxygens (including phenoxy) is 2. The number of methoxy groups -OCH3 is 2. The number of fused-ring (bicyclic) bond motifs is 1. The van der Waals surface area contributed by atoms with Gasteiger partial charge < -0.3 is 14.8 Å². The molecule has 124 valence electrons. The molecule has 0 amide bonds. The van der Waals surface area contributed by atoms with Gasteiger partial charge in [0.15, 0.2) is 11.5 Å². The number of nitrogens with one attached hydrogen (secondary N) is 1. The molecule has 2 aromatic carbocycles. The lowest BCUT2D eigenvalue weighted by molar-refractivity contribution is 0.356. The molecule has 0 saturated carbocycles.